The second kappa shape index (κ2) is 4.77. The van der Waals surface area contributed by atoms with Crippen molar-refractivity contribution in [1.29, 1.82) is 0 Å². The molecule has 0 aliphatic heterocycles. The Kier molecular flexibility index (Phi) is 3.65. The number of halogens is 1. The molecule has 0 unspecified atom stereocenters. The van der Waals surface area contributed by atoms with Crippen molar-refractivity contribution < 1.29 is 4.92 Å². The van der Waals surface area contributed by atoms with Gasteiger partial charge in [-0.3, -0.25) is 0 Å². The number of hydrogen-bond acceptors (Lipinski definition) is 3. The number of imidazole rings is 1. The minimum atomic E-state index is -0.516. The smallest absolute Gasteiger partial charge is 0.356 e. The van der Waals surface area contributed by atoms with Crippen LogP contribution in [0.15, 0.2) is 0 Å². The highest BCUT2D eigenvalue weighted by Gasteiger charge is 2.15. The standard InChI is InChI=1S/C8H8BrN3O2/c1-6-10-7(4-2-3-5-9)8(11-6)12(13)14/h3,5H2,1H3,(H,10,11). The molecule has 0 spiro atoms. The molecule has 1 N–H and O–H groups in total. The van der Waals surface area contributed by atoms with Gasteiger partial charge in [0, 0.05) is 18.7 Å². The largest absolute Gasteiger partial charge is 0.358 e. The molecule has 5 nitrogen and oxygen atoms in total. The van der Waals surface area contributed by atoms with Crippen LogP contribution in [0.3, 0.4) is 0 Å². The molecular formula is C8H8BrN3O2. The third-order valence-corrected chi connectivity index (χ3v) is 1.81. The Morgan fingerprint density at radius 1 is 1.71 bits per heavy atom. The van der Waals surface area contributed by atoms with E-state index in [9.17, 15) is 10.1 Å². The number of nitrogens with one attached hydrogen (secondary N) is 1. The van der Waals surface area contributed by atoms with Gasteiger partial charge in [-0.05, 0) is 10.8 Å². The van der Waals surface area contributed by atoms with E-state index in [-0.39, 0.29) is 11.5 Å². The fourth-order valence-electron chi connectivity index (χ4n) is 0.892. The maximum Gasteiger partial charge on any atom is 0.356 e. The van der Waals surface area contributed by atoms with Crippen LogP contribution in [0.2, 0.25) is 0 Å². The quantitative estimate of drug-likeness (QED) is 0.380. The Balaban J connectivity index is 2.97. The van der Waals surface area contributed by atoms with E-state index in [2.05, 4.69) is 37.7 Å². The maximum absolute atomic E-state index is 10.5. The first-order valence-corrected chi connectivity index (χ1v) is 5.03. The molecule has 0 atom stereocenters. The third kappa shape index (κ3) is 2.57. The number of nitro groups is 1. The minimum Gasteiger partial charge on any atom is -0.358 e. The van der Waals surface area contributed by atoms with Gasteiger partial charge in [0.1, 0.15) is 0 Å². The first-order chi connectivity index (χ1) is 6.65. The van der Waals surface area contributed by atoms with Gasteiger partial charge in [-0.2, -0.15) is 4.98 Å². The molecule has 74 valence electrons. The number of nitrogens with zero attached hydrogens (tertiary/aromatic N) is 2. The lowest BCUT2D eigenvalue weighted by Crippen LogP contribution is -1.90. The highest BCUT2D eigenvalue weighted by atomic mass is 79.9. The summed E-state index contributed by atoms with van der Waals surface area (Å²) < 4.78 is 0. The molecule has 14 heavy (non-hydrogen) atoms. The zero-order valence-corrected chi connectivity index (χ0v) is 9.09. The molecule has 0 amide bonds. The fourth-order valence-corrected chi connectivity index (χ4v) is 1.09. The molecule has 1 aromatic rings. The molecular weight excluding hydrogens is 250 g/mol. The van der Waals surface area contributed by atoms with Gasteiger partial charge in [0.15, 0.2) is 5.82 Å². The van der Waals surface area contributed by atoms with E-state index < -0.39 is 4.92 Å². The van der Waals surface area contributed by atoms with Crippen molar-refractivity contribution >= 4 is 21.7 Å². The van der Waals surface area contributed by atoms with E-state index >= 15 is 0 Å². The fraction of sp³-hybridized carbons (Fsp3) is 0.375. The summed E-state index contributed by atoms with van der Waals surface area (Å²) in [6, 6.07) is 0. The Labute approximate surface area is 89.2 Å². The summed E-state index contributed by atoms with van der Waals surface area (Å²) in [5.74, 6) is 5.79. The lowest BCUT2D eigenvalue weighted by molar-refractivity contribution is -0.389. The molecule has 0 fully saturated rings. The van der Waals surface area contributed by atoms with E-state index in [0.29, 0.717) is 12.2 Å². The van der Waals surface area contributed by atoms with Gasteiger partial charge >= 0.3 is 5.82 Å². The van der Waals surface area contributed by atoms with Gasteiger partial charge in [0.2, 0.25) is 5.69 Å². The monoisotopic (exact) mass is 257 g/mol. The van der Waals surface area contributed by atoms with Crippen LogP contribution >= 0.6 is 15.9 Å². The molecule has 0 radical (unpaired) electrons. The predicted molar refractivity (Wildman–Crippen MR) is 55.3 cm³/mol. The lowest BCUT2D eigenvalue weighted by Gasteiger charge is -1.88. The summed E-state index contributed by atoms with van der Waals surface area (Å²) in [7, 11) is 0. The zero-order chi connectivity index (χ0) is 10.6. The highest BCUT2D eigenvalue weighted by Crippen LogP contribution is 2.13. The molecule has 6 heteroatoms. The Morgan fingerprint density at radius 3 is 3.00 bits per heavy atom. The molecule has 0 saturated carbocycles. The highest BCUT2D eigenvalue weighted by molar-refractivity contribution is 9.09. The average Bonchev–Trinajstić information content (AvgIpc) is 2.47. The summed E-state index contributed by atoms with van der Waals surface area (Å²) in [5.41, 5.74) is 0.202. The van der Waals surface area contributed by atoms with Crippen LogP contribution in [0.4, 0.5) is 5.82 Å². The first-order valence-electron chi connectivity index (χ1n) is 3.91. The van der Waals surface area contributed by atoms with Gasteiger partial charge in [0.05, 0.1) is 0 Å². The van der Waals surface area contributed by atoms with E-state index in [1.807, 2.05) is 0 Å². The summed E-state index contributed by atoms with van der Waals surface area (Å²) in [5, 5.41) is 11.3. The molecule has 0 aliphatic rings. The van der Waals surface area contributed by atoms with Gasteiger partial charge in [0.25, 0.3) is 0 Å². The number of alkyl halides is 1. The number of hydrogen-bond donors (Lipinski definition) is 1. The van der Waals surface area contributed by atoms with Crippen molar-refractivity contribution in [2.75, 3.05) is 5.33 Å². The van der Waals surface area contributed by atoms with Crippen LogP contribution in [0, 0.1) is 28.9 Å². The van der Waals surface area contributed by atoms with Crippen molar-refractivity contribution in [3.8, 4) is 11.8 Å². The summed E-state index contributed by atoms with van der Waals surface area (Å²) in [6.07, 6.45) is 0.642. The van der Waals surface area contributed by atoms with Crippen LogP contribution in [-0.2, 0) is 0 Å². The molecule has 0 aliphatic carbocycles. The summed E-state index contributed by atoms with van der Waals surface area (Å²) >= 11 is 3.21. The normalized spacial score (nSPS) is 9.29. The van der Waals surface area contributed by atoms with Gasteiger partial charge < -0.3 is 10.1 Å². The van der Waals surface area contributed by atoms with Crippen LogP contribution in [0.25, 0.3) is 0 Å². The van der Waals surface area contributed by atoms with Crippen LogP contribution in [0.1, 0.15) is 17.9 Å². The molecule has 1 rings (SSSR count). The number of rotatable bonds is 2. The minimum absolute atomic E-state index is 0.135. The second-order valence-corrected chi connectivity index (χ2v) is 3.31. The van der Waals surface area contributed by atoms with E-state index in [1.54, 1.807) is 6.92 Å². The topological polar surface area (TPSA) is 71.8 Å². The lowest BCUT2D eigenvalue weighted by atomic mass is 10.4. The van der Waals surface area contributed by atoms with Gasteiger partial charge in [-0.1, -0.05) is 21.9 Å². The maximum atomic E-state index is 10.5. The van der Waals surface area contributed by atoms with E-state index in [1.165, 1.54) is 0 Å². The molecule has 0 bridgehead atoms. The molecule has 1 heterocycles. The van der Waals surface area contributed by atoms with Gasteiger partial charge in [-0.15, -0.1) is 0 Å². The first kappa shape index (κ1) is 10.7. The van der Waals surface area contributed by atoms with Gasteiger partial charge in [-0.25, -0.2) is 4.98 Å². The second-order valence-electron chi connectivity index (χ2n) is 2.52. The Morgan fingerprint density at radius 2 is 2.43 bits per heavy atom. The van der Waals surface area contributed by atoms with Crippen molar-refractivity contribution in [2.24, 2.45) is 0 Å². The molecule has 0 aromatic carbocycles. The van der Waals surface area contributed by atoms with Crippen molar-refractivity contribution in [3.05, 3.63) is 21.6 Å². The SMILES string of the molecule is Cc1nc(C#CCCBr)c([N+](=O)[O-])[nH]1. The number of aromatic nitrogens is 2. The number of H-pyrrole nitrogens is 1. The predicted octanol–water partition coefficient (Wildman–Crippen LogP) is 1.76. The van der Waals surface area contributed by atoms with Crippen molar-refractivity contribution in [2.45, 2.75) is 13.3 Å². The zero-order valence-electron chi connectivity index (χ0n) is 7.50. The molecule has 1 aromatic heterocycles. The van der Waals surface area contributed by atoms with E-state index in [4.69, 9.17) is 0 Å². The van der Waals surface area contributed by atoms with Crippen LogP contribution in [0.5, 0.6) is 0 Å². The third-order valence-electron chi connectivity index (χ3n) is 1.41. The number of aryl methyl sites for hydroxylation is 1. The Bertz CT molecular complexity index is 402. The number of aromatic amines is 1. The van der Waals surface area contributed by atoms with Crippen molar-refractivity contribution in [3.63, 3.8) is 0 Å². The van der Waals surface area contributed by atoms with E-state index in [0.717, 1.165) is 5.33 Å². The summed E-state index contributed by atoms with van der Waals surface area (Å²) in [6.45, 7) is 1.66. The summed E-state index contributed by atoms with van der Waals surface area (Å²) in [4.78, 5) is 16.5. The van der Waals surface area contributed by atoms with Crippen LogP contribution in [-0.4, -0.2) is 20.2 Å². The Hall–Kier alpha value is -1.35. The van der Waals surface area contributed by atoms with Crippen LogP contribution < -0.4 is 0 Å². The molecule has 0 saturated heterocycles. The van der Waals surface area contributed by atoms with Crippen molar-refractivity contribution in [1.82, 2.24) is 9.97 Å². The average molecular weight is 258 g/mol.